The van der Waals surface area contributed by atoms with E-state index in [1.807, 2.05) is 35.9 Å². The number of rotatable bonds is 6. The van der Waals surface area contributed by atoms with Gasteiger partial charge >= 0.3 is 5.97 Å². The van der Waals surface area contributed by atoms with Crippen LogP contribution in [0.25, 0.3) is 10.9 Å². The molecule has 0 amide bonds. The second kappa shape index (κ2) is 7.35. The zero-order valence-electron chi connectivity index (χ0n) is 13.4. The number of hydrogen-bond acceptors (Lipinski definition) is 4. The zero-order valence-corrected chi connectivity index (χ0v) is 13.4. The van der Waals surface area contributed by atoms with Gasteiger partial charge in [-0.05, 0) is 31.3 Å². The summed E-state index contributed by atoms with van der Waals surface area (Å²) in [5.74, 6) is -0.372. The number of allylic oxidation sites excluding steroid dienone is 3. The molecule has 23 heavy (non-hydrogen) atoms. The van der Waals surface area contributed by atoms with Crippen LogP contribution in [0.4, 0.5) is 5.69 Å². The van der Waals surface area contributed by atoms with Gasteiger partial charge in [-0.15, -0.1) is 0 Å². The molecule has 0 radical (unpaired) electrons. The van der Waals surface area contributed by atoms with E-state index in [-0.39, 0.29) is 5.97 Å². The minimum absolute atomic E-state index is 0.317. The molecule has 0 fully saturated rings. The number of nitrogens with two attached hydrogens (primary N) is 1. The SMILES string of the molecule is C=C/C=C(\C=C/N)Nc1c(C(=O)OCC)n(C)c2ccccc12. The third-order valence-corrected chi connectivity index (χ3v) is 3.42. The van der Waals surface area contributed by atoms with Crippen molar-refractivity contribution in [1.82, 2.24) is 4.57 Å². The minimum atomic E-state index is -0.372. The molecule has 0 spiro atoms. The first-order valence-corrected chi connectivity index (χ1v) is 7.36. The van der Waals surface area contributed by atoms with Crippen molar-refractivity contribution in [2.75, 3.05) is 11.9 Å². The number of hydrogen-bond donors (Lipinski definition) is 2. The van der Waals surface area contributed by atoms with E-state index in [4.69, 9.17) is 10.5 Å². The standard InChI is InChI=1S/C18H21N3O2/c1-4-8-13(11-12-19)20-16-14-9-6-7-10-15(14)21(3)17(16)18(22)23-5-2/h4,6-12,20H,1,5,19H2,2-3H3/b12-11-,13-8+. The number of benzene rings is 1. The van der Waals surface area contributed by atoms with Crippen LogP contribution in [0.3, 0.4) is 0 Å². The van der Waals surface area contributed by atoms with Crippen molar-refractivity contribution in [3.8, 4) is 0 Å². The molecule has 1 heterocycles. The van der Waals surface area contributed by atoms with Gasteiger partial charge in [0.15, 0.2) is 5.69 Å². The lowest BCUT2D eigenvalue weighted by Crippen LogP contribution is -2.12. The number of aromatic nitrogens is 1. The van der Waals surface area contributed by atoms with E-state index >= 15 is 0 Å². The molecular formula is C18H21N3O2. The maximum atomic E-state index is 12.4. The largest absolute Gasteiger partial charge is 0.461 e. The second-order valence-electron chi connectivity index (χ2n) is 4.86. The molecule has 0 aliphatic heterocycles. The Kier molecular flexibility index (Phi) is 5.25. The third kappa shape index (κ3) is 3.29. The quantitative estimate of drug-likeness (QED) is 0.634. The Balaban J connectivity index is 2.64. The highest BCUT2D eigenvalue weighted by atomic mass is 16.5. The summed E-state index contributed by atoms with van der Waals surface area (Å²) in [6, 6.07) is 7.77. The summed E-state index contributed by atoms with van der Waals surface area (Å²) in [5.41, 5.74) is 8.30. The van der Waals surface area contributed by atoms with Gasteiger partial charge in [0.1, 0.15) is 0 Å². The van der Waals surface area contributed by atoms with Crippen molar-refractivity contribution in [2.24, 2.45) is 12.8 Å². The average Bonchev–Trinajstić information content (AvgIpc) is 2.81. The summed E-state index contributed by atoms with van der Waals surface area (Å²) in [7, 11) is 1.84. The highest BCUT2D eigenvalue weighted by Gasteiger charge is 2.22. The van der Waals surface area contributed by atoms with Gasteiger partial charge in [0.25, 0.3) is 0 Å². The van der Waals surface area contributed by atoms with E-state index in [0.29, 0.717) is 18.0 Å². The number of aryl methyl sites for hydroxylation is 1. The van der Waals surface area contributed by atoms with Gasteiger partial charge in [-0.3, -0.25) is 0 Å². The third-order valence-electron chi connectivity index (χ3n) is 3.42. The van der Waals surface area contributed by atoms with E-state index in [2.05, 4.69) is 11.9 Å². The smallest absolute Gasteiger partial charge is 0.357 e. The molecule has 5 nitrogen and oxygen atoms in total. The summed E-state index contributed by atoms with van der Waals surface area (Å²) in [5, 5.41) is 4.18. The van der Waals surface area contributed by atoms with E-state index in [9.17, 15) is 4.79 Å². The Labute approximate surface area is 135 Å². The van der Waals surface area contributed by atoms with Crippen molar-refractivity contribution in [2.45, 2.75) is 6.92 Å². The average molecular weight is 311 g/mol. The monoisotopic (exact) mass is 311 g/mol. The predicted octanol–water partition coefficient (Wildman–Crippen LogP) is 3.31. The fraction of sp³-hybridized carbons (Fsp3) is 0.167. The Bertz CT molecular complexity index is 785. The fourth-order valence-electron chi connectivity index (χ4n) is 2.47. The second-order valence-corrected chi connectivity index (χ2v) is 4.86. The molecule has 0 aliphatic rings. The number of carbonyl (C=O) groups is 1. The normalized spacial score (nSPS) is 11.8. The van der Waals surface area contributed by atoms with Gasteiger partial charge in [-0.25, -0.2) is 4.79 Å². The molecule has 0 unspecified atom stereocenters. The number of carbonyl (C=O) groups excluding carboxylic acids is 1. The van der Waals surface area contributed by atoms with Gasteiger partial charge < -0.3 is 20.4 Å². The molecule has 1 aromatic heterocycles. The van der Waals surface area contributed by atoms with Crippen molar-refractivity contribution in [3.05, 3.63) is 66.7 Å². The molecular weight excluding hydrogens is 290 g/mol. The van der Waals surface area contributed by atoms with Crippen LogP contribution in [0.1, 0.15) is 17.4 Å². The summed E-state index contributed by atoms with van der Waals surface area (Å²) < 4.78 is 7.03. The van der Waals surface area contributed by atoms with E-state index < -0.39 is 0 Å². The van der Waals surface area contributed by atoms with Gasteiger partial charge in [0, 0.05) is 18.1 Å². The topological polar surface area (TPSA) is 69.3 Å². The van der Waals surface area contributed by atoms with Crippen LogP contribution in [0.5, 0.6) is 0 Å². The summed E-state index contributed by atoms with van der Waals surface area (Å²) in [6.07, 6.45) is 6.56. The number of esters is 1. The Morgan fingerprint density at radius 2 is 2.17 bits per heavy atom. The van der Waals surface area contributed by atoms with Crippen LogP contribution in [0, 0.1) is 0 Å². The van der Waals surface area contributed by atoms with Gasteiger partial charge in [0.05, 0.1) is 17.8 Å². The van der Waals surface area contributed by atoms with E-state index in [1.54, 1.807) is 25.2 Å². The van der Waals surface area contributed by atoms with Crippen molar-refractivity contribution < 1.29 is 9.53 Å². The molecule has 0 bridgehead atoms. The van der Waals surface area contributed by atoms with Crippen LogP contribution in [0.2, 0.25) is 0 Å². The molecule has 0 atom stereocenters. The Hall–Kier alpha value is -2.95. The van der Waals surface area contributed by atoms with Gasteiger partial charge in [-0.1, -0.05) is 30.9 Å². The van der Waals surface area contributed by atoms with Crippen LogP contribution in [-0.2, 0) is 11.8 Å². The number of fused-ring (bicyclic) bond motifs is 1. The molecule has 3 N–H and O–H groups in total. The van der Waals surface area contributed by atoms with Crippen LogP contribution in [0.15, 0.2) is 61.0 Å². The maximum absolute atomic E-state index is 12.4. The fourth-order valence-corrected chi connectivity index (χ4v) is 2.47. The highest BCUT2D eigenvalue weighted by molar-refractivity contribution is 6.07. The lowest BCUT2D eigenvalue weighted by molar-refractivity contribution is 0.0517. The zero-order chi connectivity index (χ0) is 16.8. The first-order chi connectivity index (χ1) is 11.1. The number of nitrogens with zero attached hydrogens (tertiary/aromatic N) is 1. The molecule has 0 saturated carbocycles. The van der Waals surface area contributed by atoms with Gasteiger partial charge in [-0.2, -0.15) is 0 Å². The van der Waals surface area contributed by atoms with Crippen LogP contribution < -0.4 is 11.1 Å². The van der Waals surface area contributed by atoms with Gasteiger partial charge in [0.2, 0.25) is 0 Å². The summed E-state index contributed by atoms with van der Waals surface area (Å²) in [4.78, 5) is 12.4. The van der Waals surface area contributed by atoms with Crippen molar-refractivity contribution in [3.63, 3.8) is 0 Å². The number of nitrogens with one attached hydrogen (secondary N) is 1. The Morgan fingerprint density at radius 3 is 2.83 bits per heavy atom. The first-order valence-electron chi connectivity index (χ1n) is 7.36. The van der Waals surface area contributed by atoms with Crippen LogP contribution in [-0.4, -0.2) is 17.1 Å². The number of anilines is 1. The molecule has 5 heteroatoms. The Morgan fingerprint density at radius 1 is 1.43 bits per heavy atom. The predicted molar refractivity (Wildman–Crippen MR) is 94.1 cm³/mol. The number of para-hydroxylation sites is 1. The maximum Gasteiger partial charge on any atom is 0.357 e. The molecule has 0 aliphatic carbocycles. The van der Waals surface area contributed by atoms with Crippen molar-refractivity contribution in [1.29, 1.82) is 0 Å². The molecule has 2 aromatic rings. The van der Waals surface area contributed by atoms with E-state index in [0.717, 1.165) is 16.6 Å². The van der Waals surface area contributed by atoms with Crippen LogP contribution >= 0.6 is 0 Å². The number of ether oxygens (including phenoxy) is 1. The lowest BCUT2D eigenvalue weighted by atomic mass is 10.2. The van der Waals surface area contributed by atoms with E-state index in [1.165, 1.54) is 6.20 Å². The summed E-state index contributed by atoms with van der Waals surface area (Å²) in [6.45, 7) is 5.79. The summed E-state index contributed by atoms with van der Waals surface area (Å²) >= 11 is 0. The molecule has 1 aromatic carbocycles. The lowest BCUT2D eigenvalue weighted by Gasteiger charge is -2.10. The molecule has 120 valence electrons. The first kappa shape index (κ1) is 16.4. The molecule has 2 rings (SSSR count). The molecule has 0 saturated heterocycles. The van der Waals surface area contributed by atoms with Crippen molar-refractivity contribution >= 4 is 22.6 Å². The minimum Gasteiger partial charge on any atom is -0.461 e. The highest BCUT2D eigenvalue weighted by Crippen LogP contribution is 2.32.